The van der Waals surface area contributed by atoms with Crippen LogP contribution in [0.3, 0.4) is 0 Å². The second-order valence-corrected chi connectivity index (χ2v) is 10.3. The van der Waals surface area contributed by atoms with Crippen molar-refractivity contribution in [1.29, 1.82) is 0 Å². The van der Waals surface area contributed by atoms with Gasteiger partial charge in [-0.05, 0) is 62.8 Å². The number of aromatic carboxylic acids is 1. The van der Waals surface area contributed by atoms with E-state index in [9.17, 15) is 14.7 Å². The largest absolute Gasteiger partial charge is 0.476 e. The summed E-state index contributed by atoms with van der Waals surface area (Å²) in [6, 6.07) is 6.58. The lowest BCUT2D eigenvalue weighted by atomic mass is 9.82. The van der Waals surface area contributed by atoms with E-state index >= 15 is 0 Å². The van der Waals surface area contributed by atoms with Crippen LogP contribution in [0.1, 0.15) is 66.8 Å². The van der Waals surface area contributed by atoms with Crippen LogP contribution in [0.4, 0.5) is 11.6 Å². The standard InChI is InChI=1S/C26H30ClN3O4/c1-14-12-17(16(3)28-19-6-7-20(27)29-21(19)25(32)33)23-18(13-14)22(31)15(2)24(34-23)30-10-8-26(4,5)9-11-30/h6-7,12-13,16,28H,8-11H2,1-5H3,(H,32,33)/t16-/m1/s1. The summed E-state index contributed by atoms with van der Waals surface area (Å²) in [4.78, 5) is 31.2. The van der Waals surface area contributed by atoms with Gasteiger partial charge in [0, 0.05) is 18.7 Å². The normalized spacial score (nSPS) is 16.5. The zero-order valence-electron chi connectivity index (χ0n) is 20.2. The summed E-state index contributed by atoms with van der Waals surface area (Å²) in [5, 5.41) is 13.4. The molecular formula is C26H30ClN3O4. The second-order valence-electron chi connectivity index (χ2n) is 9.94. The molecule has 2 aromatic heterocycles. The van der Waals surface area contributed by atoms with Crippen molar-refractivity contribution in [1.82, 2.24) is 4.98 Å². The summed E-state index contributed by atoms with van der Waals surface area (Å²) in [5.41, 5.74) is 3.23. The molecule has 4 rings (SSSR count). The molecule has 1 fully saturated rings. The molecule has 0 unspecified atom stereocenters. The first-order valence-electron chi connectivity index (χ1n) is 11.5. The van der Waals surface area contributed by atoms with Crippen molar-refractivity contribution in [2.45, 2.75) is 53.5 Å². The van der Waals surface area contributed by atoms with E-state index in [0.717, 1.165) is 37.1 Å². The molecule has 1 atom stereocenters. The van der Waals surface area contributed by atoms with Crippen molar-refractivity contribution in [3.05, 3.63) is 62.0 Å². The van der Waals surface area contributed by atoms with Gasteiger partial charge < -0.3 is 19.7 Å². The van der Waals surface area contributed by atoms with Crippen LogP contribution in [0.2, 0.25) is 5.15 Å². The van der Waals surface area contributed by atoms with Crippen LogP contribution in [0.5, 0.6) is 0 Å². The van der Waals surface area contributed by atoms with Crippen molar-refractivity contribution in [3.63, 3.8) is 0 Å². The lowest BCUT2D eigenvalue weighted by molar-refractivity contribution is 0.0691. The highest BCUT2D eigenvalue weighted by Crippen LogP contribution is 2.36. The molecule has 3 aromatic rings. The predicted molar refractivity (Wildman–Crippen MR) is 135 cm³/mol. The van der Waals surface area contributed by atoms with Gasteiger partial charge >= 0.3 is 5.97 Å². The molecule has 3 heterocycles. The number of anilines is 2. The molecular weight excluding hydrogens is 454 g/mol. The number of fused-ring (bicyclic) bond motifs is 1. The van der Waals surface area contributed by atoms with Crippen molar-refractivity contribution in [2.24, 2.45) is 5.41 Å². The number of rotatable bonds is 5. The van der Waals surface area contributed by atoms with Gasteiger partial charge in [-0.3, -0.25) is 4.79 Å². The van der Waals surface area contributed by atoms with Crippen LogP contribution >= 0.6 is 11.6 Å². The summed E-state index contributed by atoms with van der Waals surface area (Å²) >= 11 is 5.90. The Labute approximate surface area is 203 Å². The fraction of sp³-hybridized carbons (Fsp3) is 0.423. The quantitative estimate of drug-likeness (QED) is 0.432. The van der Waals surface area contributed by atoms with Gasteiger partial charge in [0.15, 0.2) is 11.1 Å². The van der Waals surface area contributed by atoms with E-state index < -0.39 is 5.97 Å². The third-order valence-electron chi connectivity index (χ3n) is 6.67. The molecule has 1 aliphatic heterocycles. The zero-order valence-corrected chi connectivity index (χ0v) is 20.9. The molecule has 2 N–H and O–H groups in total. The third kappa shape index (κ3) is 4.62. The molecule has 1 aromatic carbocycles. The van der Waals surface area contributed by atoms with Crippen LogP contribution in [0, 0.1) is 19.3 Å². The molecule has 0 radical (unpaired) electrons. The van der Waals surface area contributed by atoms with E-state index in [-0.39, 0.29) is 27.7 Å². The van der Waals surface area contributed by atoms with Crippen LogP contribution in [-0.4, -0.2) is 29.1 Å². The molecule has 1 aliphatic rings. The molecule has 0 spiro atoms. The third-order valence-corrected chi connectivity index (χ3v) is 6.88. The zero-order chi connectivity index (χ0) is 24.8. The Hall–Kier alpha value is -3.06. The molecule has 0 aliphatic carbocycles. The molecule has 0 amide bonds. The van der Waals surface area contributed by atoms with E-state index in [1.807, 2.05) is 32.9 Å². The first kappa shape index (κ1) is 24.1. The minimum atomic E-state index is -1.18. The van der Waals surface area contributed by atoms with Gasteiger partial charge in [0.2, 0.25) is 5.88 Å². The molecule has 8 heteroatoms. The minimum Gasteiger partial charge on any atom is -0.476 e. The van der Waals surface area contributed by atoms with E-state index in [2.05, 4.69) is 29.0 Å². The Bertz CT molecular complexity index is 1320. The van der Waals surface area contributed by atoms with Crippen LogP contribution < -0.4 is 15.6 Å². The number of aromatic nitrogens is 1. The summed E-state index contributed by atoms with van der Waals surface area (Å²) in [6.07, 6.45) is 2.04. The SMILES string of the molecule is Cc1cc([C@@H](C)Nc2ccc(Cl)nc2C(=O)O)c2oc(N3CCC(C)(C)CC3)c(C)c(=O)c2c1. The van der Waals surface area contributed by atoms with E-state index in [4.69, 9.17) is 16.0 Å². The lowest BCUT2D eigenvalue weighted by Gasteiger charge is -2.37. The molecule has 34 heavy (non-hydrogen) atoms. The number of carboxylic acid groups (broad SMARTS) is 1. The van der Waals surface area contributed by atoms with Crippen molar-refractivity contribution in [2.75, 3.05) is 23.3 Å². The Balaban J connectivity index is 1.79. The van der Waals surface area contributed by atoms with E-state index in [1.165, 1.54) is 6.07 Å². The first-order valence-corrected chi connectivity index (χ1v) is 11.8. The molecule has 0 saturated carbocycles. The van der Waals surface area contributed by atoms with Crippen LogP contribution in [0.25, 0.3) is 11.0 Å². The van der Waals surface area contributed by atoms with Gasteiger partial charge in [0.05, 0.1) is 22.7 Å². The van der Waals surface area contributed by atoms with Gasteiger partial charge in [-0.25, -0.2) is 9.78 Å². The van der Waals surface area contributed by atoms with E-state index in [0.29, 0.717) is 28.1 Å². The minimum absolute atomic E-state index is 0.0439. The predicted octanol–water partition coefficient (Wildman–Crippen LogP) is 5.96. The van der Waals surface area contributed by atoms with Crippen LogP contribution in [0.15, 0.2) is 33.5 Å². The number of piperidine rings is 1. The topological polar surface area (TPSA) is 95.7 Å². The maximum Gasteiger partial charge on any atom is 0.356 e. The van der Waals surface area contributed by atoms with Gasteiger partial charge in [-0.15, -0.1) is 0 Å². The number of halogens is 1. The number of pyridine rings is 1. The van der Waals surface area contributed by atoms with Gasteiger partial charge in [0.1, 0.15) is 10.7 Å². The average molecular weight is 484 g/mol. The number of hydrogen-bond acceptors (Lipinski definition) is 6. The van der Waals surface area contributed by atoms with E-state index in [1.54, 1.807) is 6.07 Å². The monoisotopic (exact) mass is 483 g/mol. The average Bonchev–Trinajstić information content (AvgIpc) is 2.77. The summed E-state index contributed by atoms with van der Waals surface area (Å²) < 4.78 is 6.46. The number of nitrogens with zero attached hydrogens (tertiary/aromatic N) is 2. The van der Waals surface area contributed by atoms with Gasteiger partial charge in [-0.2, -0.15) is 0 Å². The molecule has 1 saturated heterocycles. The highest BCUT2D eigenvalue weighted by molar-refractivity contribution is 6.29. The highest BCUT2D eigenvalue weighted by Gasteiger charge is 2.29. The molecule has 7 nitrogen and oxygen atoms in total. The summed E-state index contributed by atoms with van der Waals surface area (Å²) in [5.74, 6) is -0.562. The Morgan fingerprint density at radius 2 is 1.91 bits per heavy atom. The van der Waals surface area contributed by atoms with Crippen molar-refractivity contribution >= 4 is 40.1 Å². The number of carbonyl (C=O) groups is 1. The van der Waals surface area contributed by atoms with Crippen molar-refractivity contribution < 1.29 is 14.3 Å². The lowest BCUT2D eigenvalue weighted by Crippen LogP contribution is -2.38. The van der Waals surface area contributed by atoms with Gasteiger partial charge in [-0.1, -0.05) is 31.5 Å². The van der Waals surface area contributed by atoms with Crippen molar-refractivity contribution in [3.8, 4) is 0 Å². The maximum atomic E-state index is 13.4. The highest BCUT2D eigenvalue weighted by atomic mass is 35.5. The summed E-state index contributed by atoms with van der Waals surface area (Å²) in [6.45, 7) is 11.8. The number of aryl methyl sites for hydroxylation is 1. The smallest absolute Gasteiger partial charge is 0.356 e. The first-order chi connectivity index (χ1) is 16.0. The van der Waals surface area contributed by atoms with Gasteiger partial charge in [0.25, 0.3) is 0 Å². The van der Waals surface area contributed by atoms with Crippen LogP contribution in [-0.2, 0) is 0 Å². The molecule has 180 valence electrons. The summed E-state index contributed by atoms with van der Waals surface area (Å²) in [7, 11) is 0. The molecule has 0 bridgehead atoms. The maximum absolute atomic E-state index is 13.4. The Morgan fingerprint density at radius 3 is 2.56 bits per heavy atom. The Kier molecular flexibility index (Phi) is 6.34. The fourth-order valence-corrected chi connectivity index (χ4v) is 4.67. The second kappa shape index (κ2) is 8.95. The number of carboxylic acids is 1. The number of nitrogens with one attached hydrogen (secondary N) is 1. The Morgan fingerprint density at radius 1 is 1.24 bits per heavy atom. The number of benzene rings is 1. The number of hydrogen-bond donors (Lipinski definition) is 2. The fourth-order valence-electron chi connectivity index (χ4n) is 4.52.